The highest BCUT2D eigenvalue weighted by atomic mass is 16.7. The number of epoxide rings is 2. The van der Waals surface area contributed by atoms with Crippen molar-refractivity contribution in [1.29, 1.82) is 0 Å². The Kier molecular flexibility index (Phi) is 4.73. The van der Waals surface area contributed by atoms with Crippen LogP contribution < -0.4 is 0 Å². The van der Waals surface area contributed by atoms with Crippen molar-refractivity contribution < 1.29 is 34.0 Å². The van der Waals surface area contributed by atoms with E-state index in [1.54, 1.807) is 13.2 Å². The summed E-state index contributed by atoms with van der Waals surface area (Å²) in [6.07, 6.45) is 6.04. The number of allylic oxidation sites excluding steroid dienone is 1. The summed E-state index contributed by atoms with van der Waals surface area (Å²) in [6.45, 7) is 10.8. The summed E-state index contributed by atoms with van der Waals surface area (Å²) >= 11 is 0. The highest BCUT2D eigenvalue weighted by Gasteiger charge is 2.78. The topological polar surface area (TPSA) is 101 Å². The Labute approximate surface area is 213 Å². The van der Waals surface area contributed by atoms with E-state index in [-0.39, 0.29) is 64.7 Å². The molecule has 3 saturated heterocycles. The first-order valence-electron chi connectivity index (χ1n) is 14.0. The molecule has 36 heavy (non-hydrogen) atoms. The summed E-state index contributed by atoms with van der Waals surface area (Å²) in [4.78, 5) is 13.3. The molecular formula is C29H42O7. The van der Waals surface area contributed by atoms with Crippen LogP contribution in [0.25, 0.3) is 0 Å². The lowest BCUT2D eigenvalue weighted by Gasteiger charge is -2.60. The highest BCUT2D eigenvalue weighted by Crippen LogP contribution is 2.72. The van der Waals surface area contributed by atoms with E-state index in [2.05, 4.69) is 27.7 Å². The largest absolute Gasteiger partial charge is 0.393 e. The van der Waals surface area contributed by atoms with Gasteiger partial charge in [0.15, 0.2) is 12.1 Å². The third kappa shape index (κ3) is 2.59. The molecule has 3 heterocycles. The van der Waals surface area contributed by atoms with E-state index in [4.69, 9.17) is 18.9 Å². The Hall–Kier alpha value is -0.830. The van der Waals surface area contributed by atoms with Crippen LogP contribution in [-0.2, 0) is 23.7 Å². The van der Waals surface area contributed by atoms with Gasteiger partial charge in [0, 0.05) is 13.5 Å². The maximum atomic E-state index is 13.3. The molecule has 4 aliphatic carbocycles. The number of ketones is 1. The zero-order valence-electron chi connectivity index (χ0n) is 22.4. The Bertz CT molecular complexity index is 1030. The van der Waals surface area contributed by atoms with Crippen LogP contribution in [0.1, 0.15) is 66.7 Å². The molecule has 0 amide bonds. The first kappa shape index (κ1) is 24.2. The lowest BCUT2D eigenvalue weighted by Crippen LogP contribution is -2.67. The van der Waals surface area contributed by atoms with Crippen LogP contribution in [-0.4, -0.2) is 70.6 Å². The summed E-state index contributed by atoms with van der Waals surface area (Å²) in [5, 5.41) is 23.4. The number of aliphatic hydroxyl groups excluding tert-OH is 1. The van der Waals surface area contributed by atoms with Crippen molar-refractivity contribution >= 4 is 5.78 Å². The number of rotatable bonds is 3. The van der Waals surface area contributed by atoms with Crippen LogP contribution in [0.3, 0.4) is 0 Å². The fourth-order valence-electron chi connectivity index (χ4n) is 10.5. The second kappa shape index (κ2) is 7.02. The van der Waals surface area contributed by atoms with Gasteiger partial charge in [-0.2, -0.15) is 0 Å². The molecular weight excluding hydrogens is 460 g/mol. The molecule has 7 nitrogen and oxygen atoms in total. The van der Waals surface area contributed by atoms with Crippen molar-refractivity contribution in [1.82, 2.24) is 0 Å². The maximum absolute atomic E-state index is 13.3. The standard InChI is InChI=1S/C29H42O7/c1-14(18-13-26(3)28(5,36-26)24(33-6)34-18)21-17(30)12-16-20-15(9-11-25(16,21)2)27(4)19(31)8-7-10-29(27,32)23-22(20)35-23/h7-8,14-18,20-24,30,32H,9-13H2,1-6H3/t14-,15+,16+,17-,18-,20-,21+,22+,23+,24-,25+,26+,27+,28-,29+/m1/s1. The van der Waals surface area contributed by atoms with Crippen LogP contribution in [0.15, 0.2) is 12.2 Å². The minimum absolute atomic E-state index is 0.0264. The van der Waals surface area contributed by atoms with Gasteiger partial charge in [-0.1, -0.05) is 19.9 Å². The SMILES string of the molecule is CO[C@@H]1O[C@@H]([C@@H](C)[C@H]2[C@H](O)C[C@H]3[C@@H]4[C@@H]5O[C@@H]5[C@@]5(O)CC=CC(=O)[C@]5(C)[C@H]4CC[C@]23C)C[C@]2(C)O[C@]12C. The molecule has 0 unspecified atom stereocenters. The van der Waals surface area contributed by atoms with Gasteiger partial charge < -0.3 is 29.2 Å². The molecule has 200 valence electrons. The summed E-state index contributed by atoms with van der Waals surface area (Å²) in [5.41, 5.74) is -2.72. The quantitative estimate of drug-likeness (QED) is 0.572. The fraction of sp³-hybridized carbons (Fsp3) is 0.897. The molecule has 3 saturated carbocycles. The lowest BCUT2D eigenvalue weighted by molar-refractivity contribution is -0.220. The number of aliphatic hydroxyl groups is 2. The molecule has 0 bridgehead atoms. The number of methoxy groups -OCH3 is 1. The predicted octanol–water partition coefficient (Wildman–Crippen LogP) is 3.01. The van der Waals surface area contributed by atoms with Crippen molar-refractivity contribution in [3.63, 3.8) is 0 Å². The monoisotopic (exact) mass is 502 g/mol. The van der Waals surface area contributed by atoms with Crippen molar-refractivity contribution in [3.8, 4) is 0 Å². The minimum atomic E-state index is -1.13. The van der Waals surface area contributed by atoms with Gasteiger partial charge >= 0.3 is 0 Å². The molecule has 2 N–H and O–H groups in total. The van der Waals surface area contributed by atoms with Gasteiger partial charge in [0.05, 0.1) is 23.7 Å². The number of carbonyl (C=O) groups excluding carboxylic acids is 1. The summed E-state index contributed by atoms with van der Waals surface area (Å²) in [7, 11) is 1.67. The molecule has 0 aromatic heterocycles. The molecule has 0 aromatic rings. The molecule has 0 aromatic carbocycles. The van der Waals surface area contributed by atoms with Crippen LogP contribution in [0.4, 0.5) is 0 Å². The van der Waals surface area contributed by atoms with Crippen LogP contribution in [0.2, 0.25) is 0 Å². The average molecular weight is 503 g/mol. The van der Waals surface area contributed by atoms with Gasteiger partial charge in [-0.3, -0.25) is 4.79 Å². The van der Waals surface area contributed by atoms with Gasteiger partial charge in [-0.05, 0) is 87.5 Å². The van der Waals surface area contributed by atoms with Crippen molar-refractivity contribution in [2.24, 2.45) is 40.4 Å². The van der Waals surface area contributed by atoms with Crippen LogP contribution in [0, 0.1) is 40.4 Å². The number of ether oxygens (including phenoxy) is 4. The van der Waals surface area contributed by atoms with Gasteiger partial charge in [-0.15, -0.1) is 0 Å². The molecule has 7 heteroatoms. The maximum Gasteiger partial charge on any atom is 0.189 e. The number of hydrogen-bond acceptors (Lipinski definition) is 7. The Morgan fingerprint density at radius 3 is 2.64 bits per heavy atom. The first-order chi connectivity index (χ1) is 16.9. The third-order valence-corrected chi connectivity index (χ3v) is 12.8. The number of carbonyl (C=O) groups is 1. The van der Waals surface area contributed by atoms with Gasteiger partial charge in [0.25, 0.3) is 0 Å². The van der Waals surface area contributed by atoms with E-state index in [1.807, 2.05) is 13.0 Å². The molecule has 3 aliphatic heterocycles. The van der Waals surface area contributed by atoms with Gasteiger partial charge in [0.2, 0.25) is 0 Å². The van der Waals surface area contributed by atoms with Crippen molar-refractivity contribution in [2.75, 3.05) is 7.11 Å². The van der Waals surface area contributed by atoms with Crippen LogP contribution >= 0.6 is 0 Å². The zero-order chi connectivity index (χ0) is 25.6. The summed E-state index contributed by atoms with van der Waals surface area (Å²) in [5.74, 6) is 0.716. The second-order valence-electron chi connectivity index (χ2n) is 14.0. The summed E-state index contributed by atoms with van der Waals surface area (Å²) in [6, 6.07) is 0. The van der Waals surface area contributed by atoms with Crippen molar-refractivity contribution in [2.45, 2.75) is 114 Å². The number of hydrogen-bond donors (Lipinski definition) is 2. The first-order valence-corrected chi connectivity index (χ1v) is 14.0. The van der Waals surface area contributed by atoms with Gasteiger partial charge in [-0.25, -0.2) is 0 Å². The Morgan fingerprint density at radius 1 is 1.17 bits per heavy atom. The molecule has 7 rings (SSSR count). The van der Waals surface area contributed by atoms with E-state index in [9.17, 15) is 15.0 Å². The van der Waals surface area contributed by atoms with E-state index in [0.717, 1.165) is 19.3 Å². The second-order valence-corrected chi connectivity index (χ2v) is 14.0. The van der Waals surface area contributed by atoms with E-state index < -0.39 is 29.0 Å². The molecule has 7 aliphatic rings. The third-order valence-electron chi connectivity index (χ3n) is 12.8. The normalized spacial score (nSPS) is 63.4. The van der Waals surface area contributed by atoms with E-state index in [0.29, 0.717) is 12.8 Å². The van der Waals surface area contributed by atoms with E-state index >= 15 is 0 Å². The molecule has 15 atom stereocenters. The average Bonchev–Trinajstić information content (AvgIpc) is 3.69. The van der Waals surface area contributed by atoms with E-state index in [1.165, 1.54) is 0 Å². The molecule has 0 spiro atoms. The Balaban J connectivity index is 1.20. The van der Waals surface area contributed by atoms with Crippen LogP contribution in [0.5, 0.6) is 0 Å². The Morgan fingerprint density at radius 2 is 1.92 bits per heavy atom. The number of fused-ring (bicyclic) bond motifs is 9. The highest BCUT2D eigenvalue weighted by molar-refractivity contribution is 5.97. The minimum Gasteiger partial charge on any atom is -0.393 e. The molecule has 6 fully saturated rings. The van der Waals surface area contributed by atoms with Gasteiger partial charge in [0.1, 0.15) is 22.9 Å². The predicted molar refractivity (Wildman–Crippen MR) is 130 cm³/mol. The molecule has 0 radical (unpaired) electrons. The smallest absolute Gasteiger partial charge is 0.189 e. The summed E-state index contributed by atoms with van der Waals surface area (Å²) < 4.78 is 24.6. The van der Waals surface area contributed by atoms with Crippen molar-refractivity contribution in [3.05, 3.63) is 12.2 Å². The zero-order valence-corrected chi connectivity index (χ0v) is 22.4. The fourth-order valence-corrected chi connectivity index (χ4v) is 10.5. The lowest BCUT2D eigenvalue weighted by atomic mass is 9.43.